The zero-order valence-electron chi connectivity index (χ0n) is 18.1. The number of nitrogens with one attached hydrogen (secondary N) is 1. The fourth-order valence-corrected chi connectivity index (χ4v) is 4.04. The number of aliphatic imine (C=N–C) groups is 1. The van der Waals surface area contributed by atoms with Gasteiger partial charge in [0.1, 0.15) is 0 Å². The Morgan fingerprint density at radius 1 is 0.971 bits per heavy atom. The first-order valence-corrected chi connectivity index (χ1v) is 10.8. The number of nitrogens with zero attached hydrogens (tertiary/aromatic N) is 1. The number of rotatable bonds is 6. The first-order valence-electron chi connectivity index (χ1n) is 9.94. The van der Waals surface area contributed by atoms with Crippen LogP contribution in [0.5, 0.6) is 0 Å². The van der Waals surface area contributed by atoms with Crippen LogP contribution >= 0.6 is 11.8 Å². The van der Waals surface area contributed by atoms with Gasteiger partial charge in [0.15, 0.2) is 5.17 Å². The van der Waals surface area contributed by atoms with Gasteiger partial charge in [-0.1, -0.05) is 60.7 Å². The molecule has 9 heteroatoms. The molecule has 0 aromatic heterocycles. The summed E-state index contributed by atoms with van der Waals surface area (Å²) in [6.07, 6.45) is -0.921. The van der Waals surface area contributed by atoms with Gasteiger partial charge >= 0.3 is 29.6 Å². The molecule has 4 rings (SSSR count). The van der Waals surface area contributed by atoms with Gasteiger partial charge in [0.25, 0.3) is 12.3 Å². The number of halogens is 2. The molecule has 0 aliphatic carbocycles. The van der Waals surface area contributed by atoms with Crippen molar-refractivity contribution in [2.75, 3.05) is 0 Å². The number of carbonyl (C=O) groups excluding carboxylic acids is 2. The van der Waals surface area contributed by atoms with E-state index in [2.05, 4.69) is 10.3 Å². The molecule has 1 amide bonds. The molecule has 0 bridgehead atoms. The number of amides is 1. The van der Waals surface area contributed by atoms with Gasteiger partial charge in [0.05, 0.1) is 10.6 Å². The topological polar surface area (TPSA) is 81.6 Å². The van der Waals surface area contributed by atoms with Crippen molar-refractivity contribution in [1.29, 1.82) is 0 Å². The van der Waals surface area contributed by atoms with Crippen LogP contribution in [-0.4, -0.2) is 17.0 Å². The van der Waals surface area contributed by atoms with Crippen molar-refractivity contribution in [2.45, 2.75) is 12.8 Å². The van der Waals surface area contributed by atoms with Crippen molar-refractivity contribution in [3.8, 4) is 11.1 Å². The Morgan fingerprint density at radius 2 is 1.56 bits per heavy atom. The van der Waals surface area contributed by atoms with Crippen molar-refractivity contribution >= 4 is 40.6 Å². The number of carboxylic acid groups (broad SMARTS) is 1. The maximum absolute atomic E-state index is 12.7. The molecule has 3 aromatic rings. The van der Waals surface area contributed by atoms with E-state index in [1.807, 2.05) is 24.3 Å². The van der Waals surface area contributed by atoms with Crippen molar-refractivity contribution in [1.82, 2.24) is 5.32 Å². The number of alkyl halides is 2. The van der Waals surface area contributed by atoms with E-state index in [4.69, 9.17) is 0 Å². The first-order chi connectivity index (χ1) is 15.9. The van der Waals surface area contributed by atoms with Crippen LogP contribution in [-0.2, 0) is 16.0 Å². The third kappa shape index (κ3) is 6.64. The Morgan fingerprint density at radius 3 is 2.12 bits per heavy atom. The van der Waals surface area contributed by atoms with Gasteiger partial charge in [-0.05, 0) is 52.2 Å². The zero-order chi connectivity index (χ0) is 23.4. The summed E-state index contributed by atoms with van der Waals surface area (Å²) in [6, 6.07) is 20.2. The van der Waals surface area contributed by atoms with Crippen molar-refractivity contribution < 1.29 is 53.0 Å². The molecule has 5 nitrogen and oxygen atoms in total. The van der Waals surface area contributed by atoms with Crippen molar-refractivity contribution in [3.63, 3.8) is 0 Å². The summed E-state index contributed by atoms with van der Waals surface area (Å²) >= 11 is 1.20. The second-order valence-corrected chi connectivity index (χ2v) is 8.27. The predicted molar refractivity (Wildman–Crippen MR) is 123 cm³/mol. The molecular weight excluding hydrogens is 469 g/mol. The van der Waals surface area contributed by atoms with Gasteiger partial charge in [0, 0.05) is 18.0 Å². The predicted octanol–water partition coefficient (Wildman–Crippen LogP) is 1.48. The Bertz CT molecular complexity index is 1240. The van der Waals surface area contributed by atoms with Gasteiger partial charge in [-0.15, -0.1) is 0 Å². The number of benzene rings is 3. The molecule has 1 aliphatic heterocycles. The van der Waals surface area contributed by atoms with Crippen LogP contribution in [0, 0.1) is 0 Å². The maximum Gasteiger partial charge on any atom is 1.00 e. The summed E-state index contributed by atoms with van der Waals surface area (Å²) in [4.78, 5) is 27.8. The third-order valence-corrected chi connectivity index (χ3v) is 5.78. The normalized spacial score (nSPS) is 15.4. The minimum absolute atomic E-state index is 0. The van der Waals surface area contributed by atoms with Crippen LogP contribution in [0.4, 0.5) is 14.5 Å². The maximum atomic E-state index is 12.7. The van der Waals surface area contributed by atoms with Crippen LogP contribution in [0.1, 0.15) is 23.1 Å². The Balaban J connectivity index is 0.00000324. The van der Waals surface area contributed by atoms with Gasteiger partial charge in [-0.2, -0.15) is 0 Å². The second kappa shape index (κ2) is 11.6. The van der Waals surface area contributed by atoms with E-state index in [0.717, 1.165) is 16.7 Å². The van der Waals surface area contributed by atoms with Crippen molar-refractivity contribution in [2.24, 2.45) is 4.99 Å². The second-order valence-electron chi connectivity index (χ2n) is 7.24. The number of hydrogen-bond acceptors (Lipinski definition) is 5. The number of hydrogen-bond donors (Lipinski definition) is 1. The van der Waals surface area contributed by atoms with Gasteiger partial charge in [-0.3, -0.25) is 4.79 Å². The molecule has 1 aliphatic rings. The van der Waals surface area contributed by atoms with E-state index < -0.39 is 12.4 Å². The molecule has 34 heavy (non-hydrogen) atoms. The van der Waals surface area contributed by atoms with Crippen molar-refractivity contribution in [3.05, 3.63) is 94.4 Å². The molecular formula is C25H17F2N2NaO3S. The Kier molecular flexibility index (Phi) is 8.79. The minimum Gasteiger partial charge on any atom is -0.550 e. The van der Waals surface area contributed by atoms with Gasteiger partial charge in [-0.25, -0.2) is 13.8 Å². The Hall–Kier alpha value is -2.78. The van der Waals surface area contributed by atoms with E-state index in [1.54, 1.807) is 42.5 Å². The van der Waals surface area contributed by atoms with Gasteiger partial charge in [0.2, 0.25) is 0 Å². The van der Waals surface area contributed by atoms with E-state index in [0.29, 0.717) is 21.3 Å². The molecule has 1 saturated heterocycles. The van der Waals surface area contributed by atoms with E-state index in [1.165, 1.54) is 23.9 Å². The average Bonchev–Trinajstić information content (AvgIpc) is 3.14. The molecule has 0 spiro atoms. The fraction of sp³-hybridized carbons (Fsp3) is 0.0800. The molecule has 3 aromatic carbocycles. The Labute approximate surface area is 221 Å². The molecule has 166 valence electrons. The molecule has 1 N–H and O–H groups in total. The van der Waals surface area contributed by atoms with E-state index >= 15 is 0 Å². The van der Waals surface area contributed by atoms with Crippen LogP contribution < -0.4 is 40.0 Å². The quantitative estimate of drug-likeness (QED) is 0.423. The SMILES string of the molecule is O=C([O-])Cc1ccc(N=C2NC(=O)C(=Cc3ccc(-c4ccc(C(F)F)cc4)cc3)S2)cc1.[Na+]. The summed E-state index contributed by atoms with van der Waals surface area (Å²) in [5.74, 6) is -1.42. The molecule has 1 fully saturated rings. The van der Waals surface area contributed by atoms with Crippen LogP contribution in [0.3, 0.4) is 0 Å². The number of aliphatic carboxylic acids is 1. The third-order valence-electron chi connectivity index (χ3n) is 4.87. The fourth-order valence-electron chi connectivity index (χ4n) is 3.20. The molecule has 0 atom stereocenters. The molecule has 1 heterocycles. The summed E-state index contributed by atoms with van der Waals surface area (Å²) in [5, 5.41) is 13.8. The summed E-state index contributed by atoms with van der Waals surface area (Å²) < 4.78 is 25.4. The number of carboxylic acids is 1. The van der Waals surface area contributed by atoms with E-state index in [9.17, 15) is 23.5 Å². The standard InChI is InChI=1S/C25H18F2N2O3S.Na/c26-23(27)19-9-7-18(8-10-19)17-5-1-15(2-6-17)13-21-24(32)29-25(33-21)28-20-11-3-16(4-12-20)14-22(30)31;/h1-13,23H,14H2,(H,30,31)(H,28,29,32);/q;+1/p-1. The van der Waals surface area contributed by atoms with Gasteiger partial charge < -0.3 is 15.2 Å². The van der Waals surface area contributed by atoms with Crippen LogP contribution in [0.25, 0.3) is 17.2 Å². The first kappa shape index (κ1) is 25.8. The largest absolute Gasteiger partial charge is 1.00 e. The molecule has 0 unspecified atom stereocenters. The number of amidine groups is 1. The molecule has 0 saturated carbocycles. The number of thioether (sulfide) groups is 1. The summed E-state index contributed by atoms with van der Waals surface area (Å²) in [7, 11) is 0. The average molecular weight is 486 g/mol. The molecule has 0 radical (unpaired) electrons. The van der Waals surface area contributed by atoms with Crippen LogP contribution in [0.15, 0.2) is 82.7 Å². The summed E-state index contributed by atoms with van der Waals surface area (Å²) in [6.45, 7) is 0. The van der Waals surface area contributed by atoms with E-state index in [-0.39, 0.29) is 47.4 Å². The van der Waals surface area contributed by atoms with Crippen LogP contribution in [0.2, 0.25) is 0 Å². The number of carbonyl (C=O) groups is 2. The minimum atomic E-state index is -2.50. The summed E-state index contributed by atoms with van der Waals surface area (Å²) in [5.41, 5.74) is 3.70. The zero-order valence-corrected chi connectivity index (χ0v) is 20.9. The smallest absolute Gasteiger partial charge is 0.550 e. The monoisotopic (exact) mass is 486 g/mol.